The van der Waals surface area contributed by atoms with Gasteiger partial charge in [0.25, 0.3) is 0 Å². The van der Waals surface area contributed by atoms with Gasteiger partial charge in [0.15, 0.2) is 0 Å². The van der Waals surface area contributed by atoms with Gasteiger partial charge in [-0.15, -0.1) is 0 Å². The molecular weight excluding hydrogens is 279 g/mol. The number of rotatable bonds is 4. The molecular formula is C15H22Cl2N2. The fraction of sp³-hybridized carbons (Fsp3) is 0.600. The average Bonchev–Trinajstić information content (AvgIpc) is 2.45. The third-order valence-corrected chi connectivity index (χ3v) is 5.04. The molecule has 1 saturated carbocycles. The van der Waals surface area contributed by atoms with Crippen LogP contribution in [0.25, 0.3) is 0 Å². The van der Waals surface area contributed by atoms with Gasteiger partial charge in [-0.2, -0.15) is 0 Å². The summed E-state index contributed by atoms with van der Waals surface area (Å²) >= 11 is 12.4. The molecule has 0 spiro atoms. The zero-order chi connectivity index (χ0) is 13.8. The molecule has 4 heteroatoms. The molecule has 1 aliphatic rings. The van der Waals surface area contributed by atoms with Gasteiger partial charge in [-0.25, -0.2) is 0 Å². The first-order valence-corrected chi connectivity index (χ1v) is 7.76. The van der Waals surface area contributed by atoms with Gasteiger partial charge in [0.2, 0.25) is 0 Å². The van der Waals surface area contributed by atoms with Crippen molar-refractivity contribution in [3.8, 4) is 0 Å². The van der Waals surface area contributed by atoms with Crippen molar-refractivity contribution >= 4 is 23.2 Å². The number of likely N-dealkylation sites (N-methyl/N-ethyl adjacent to an activating group) is 1. The van der Waals surface area contributed by atoms with E-state index in [4.69, 9.17) is 28.9 Å². The topological polar surface area (TPSA) is 29.3 Å². The highest BCUT2D eigenvalue weighted by atomic mass is 35.5. The summed E-state index contributed by atoms with van der Waals surface area (Å²) in [5, 5.41) is 1.25. The Morgan fingerprint density at radius 2 is 1.95 bits per heavy atom. The van der Waals surface area contributed by atoms with Crippen LogP contribution in [0.2, 0.25) is 10.0 Å². The van der Waals surface area contributed by atoms with Crippen LogP contribution in [0.3, 0.4) is 0 Å². The first-order valence-electron chi connectivity index (χ1n) is 7.01. The van der Waals surface area contributed by atoms with Gasteiger partial charge in [0, 0.05) is 18.6 Å². The van der Waals surface area contributed by atoms with E-state index in [1.165, 1.54) is 32.1 Å². The summed E-state index contributed by atoms with van der Waals surface area (Å²) in [6.07, 6.45) is 6.50. The van der Waals surface area contributed by atoms with E-state index in [9.17, 15) is 0 Å². The van der Waals surface area contributed by atoms with Gasteiger partial charge in [0.1, 0.15) is 0 Å². The highest BCUT2D eigenvalue weighted by Crippen LogP contribution is 2.34. The minimum Gasteiger partial charge on any atom is -0.329 e. The molecule has 1 aromatic rings. The second-order valence-corrected chi connectivity index (χ2v) is 6.14. The quantitative estimate of drug-likeness (QED) is 0.900. The van der Waals surface area contributed by atoms with E-state index in [1.54, 1.807) is 0 Å². The van der Waals surface area contributed by atoms with Crippen LogP contribution in [-0.4, -0.2) is 24.5 Å². The van der Waals surface area contributed by atoms with Crippen molar-refractivity contribution in [3.63, 3.8) is 0 Å². The van der Waals surface area contributed by atoms with Crippen LogP contribution in [0.4, 0.5) is 0 Å². The molecule has 2 rings (SSSR count). The normalized spacial score (nSPS) is 18.8. The lowest BCUT2D eigenvalue weighted by atomic mass is 9.92. The van der Waals surface area contributed by atoms with Gasteiger partial charge in [-0.1, -0.05) is 54.6 Å². The smallest absolute Gasteiger partial charge is 0.0640 e. The largest absolute Gasteiger partial charge is 0.329 e. The number of nitrogens with zero attached hydrogens (tertiary/aromatic N) is 1. The number of halogens is 2. The Bertz CT molecular complexity index is 417. The van der Waals surface area contributed by atoms with Crippen molar-refractivity contribution in [2.24, 2.45) is 5.73 Å². The van der Waals surface area contributed by atoms with Crippen molar-refractivity contribution in [1.29, 1.82) is 0 Å². The third-order valence-electron chi connectivity index (χ3n) is 4.21. The van der Waals surface area contributed by atoms with Crippen molar-refractivity contribution in [1.82, 2.24) is 4.90 Å². The lowest BCUT2D eigenvalue weighted by Crippen LogP contribution is -2.39. The zero-order valence-electron chi connectivity index (χ0n) is 11.4. The van der Waals surface area contributed by atoms with Crippen LogP contribution >= 0.6 is 23.2 Å². The predicted molar refractivity (Wildman–Crippen MR) is 82.9 cm³/mol. The number of benzene rings is 1. The Balaban J connectivity index is 2.20. The number of hydrogen-bond donors (Lipinski definition) is 1. The van der Waals surface area contributed by atoms with Crippen LogP contribution in [0.15, 0.2) is 18.2 Å². The number of nitrogens with two attached hydrogens (primary N) is 1. The molecule has 106 valence electrons. The first-order chi connectivity index (χ1) is 9.15. The van der Waals surface area contributed by atoms with Gasteiger partial charge < -0.3 is 5.73 Å². The summed E-state index contributed by atoms with van der Waals surface area (Å²) in [4.78, 5) is 2.39. The summed E-state index contributed by atoms with van der Waals surface area (Å²) < 4.78 is 0. The molecule has 1 aromatic carbocycles. The van der Waals surface area contributed by atoms with Gasteiger partial charge in [0.05, 0.1) is 10.0 Å². The molecule has 2 nitrogen and oxygen atoms in total. The summed E-state index contributed by atoms with van der Waals surface area (Å²) in [5.74, 6) is 0. The van der Waals surface area contributed by atoms with Crippen molar-refractivity contribution in [3.05, 3.63) is 33.8 Å². The van der Waals surface area contributed by atoms with Crippen molar-refractivity contribution in [2.75, 3.05) is 13.6 Å². The van der Waals surface area contributed by atoms with Crippen LogP contribution in [0.1, 0.15) is 43.7 Å². The highest BCUT2D eigenvalue weighted by Gasteiger charge is 2.26. The molecule has 0 aliphatic heterocycles. The SMILES string of the molecule is CN(C1CCCCC1)C(CN)c1cccc(Cl)c1Cl. The van der Waals surface area contributed by atoms with Crippen LogP contribution in [0.5, 0.6) is 0 Å². The van der Waals surface area contributed by atoms with Crippen LogP contribution < -0.4 is 5.73 Å². The molecule has 1 unspecified atom stereocenters. The van der Waals surface area contributed by atoms with Gasteiger partial charge in [-0.05, 0) is 31.5 Å². The minimum atomic E-state index is 0.147. The first kappa shape index (κ1) is 15.1. The molecule has 0 saturated heterocycles. The average molecular weight is 301 g/mol. The second-order valence-electron chi connectivity index (χ2n) is 5.35. The Hall–Kier alpha value is -0.280. The zero-order valence-corrected chi connectivity index (χ0v) is 12.9. The number of hydrogen-bond acceptors (Lipinski definition) is 2. The maximum absolute atomic E-state index is 6.34. The van der Waals surface area contributed by atoms with E-state index in [-0.39, 0.29) is 6.04 Å². The Morgan fingerprint density at radius 3 is 2.58 bits per heavy atom. The third kappa shape index (κ3) is 3.43. The fourth-order valence-electron chi connectivity index (χ4n) is 3.03. The molecule has 1 fully saturated rings. The molecule has 19 heavy (non-hydrogen) atoms. The van der Waals surface area contributed by atoms with Crippen LogP contribution in [0, 0.1) is 0 Å². The van der Waals surface area contributed by atoms with E-state index in [1.807, 2.05) is 18.2 Å². The fourth-order valence-corrected chi connectivity index (χ4v) is 3.47. The molecule has 0 bridgehead atoms. The lowest BCUT2D eigenvalue weighted by molar-refractivity contribution is 0.141. The maximum atomic E-state index is 6.34. The molecule has 0 amide bonds. The van der Waals surface area contributed by atoms with Crippen LogP contribution in [-0.2, 0) is 0 Å². The molecule has 2 N–H and O–H groups in total. The highest BCUT2D eigenvalue weighted by molar-refractivity contribution is 6.42. The monoisotopic (exact) mass is 300 g/mol. The van der Waals surface area contributed by atoms with Gasteiger partial charge >= 0.3 is 0 Å². The lowest BCUT2D eigenvalue weighted by Gasteiger charge is -2.37. The maximum Gasteiger partial charge on any atom is 0.0640 e. The van der Waals surface area contributed by atoms with Gasteiger partial charge in [-0.3, -0.25) is 4.90 Å². The standard InChI is InChI=1S/C15H22Cl2N2/c1-19(11-6-3-2-4-7-11)14(10-18)12-8-5-9-13(16)15(12)17/h5,8-9,11,14H,2-4,6-7,10,18H2,1H3. The Morgan fingerprint density at radius 1 is 1.26 bits per heavy atom. The van der Waals surface area contributed by atoms with E-state index in [0.717, 1.165) is 5.56 Å². The predicted octanol–water partition coefficient (Wildman–Crippen LogP) is 4.26. The second kappa shape index (κ2) is 6.94. The van der Waals surface area contributed by atoms with Crippen molar-refractivity contribution < 1.29 is 0 Å². The molecule has 0 radical (unpaired) electrons. The summed E-state index contributed by atoms with van der Waals surface area (Å²) in [6, 6.07) is 6.56. The molecule has 1 aliphatic carbocycles. The Labute approximate surface area is 125 Å². The molecule has 1 atom stereocenters. The van der Waals surface area contributed by atoms with E-state index < -0.39 is 0 Å². The van der Waals surface area contributed by atoms with E-state index >= 15 is 0 Å². The van der Waals surface area contributed by atoms with Crippen molar-refractivity contribution in [2.45, 2.75) is 44.2 Å². The summed E-state index contributed by atoms with van der Waals surface area (Å²) in [7, 11) is 2.16. The Kier molecular flexibility index (Phi) is 5.52. The van der Waals surface area contributed by atoms with E-state index in [0.29, 0.717) is 22.6 Å². The van der Waals surface area contributed by atoms with E-state index in [2.05, 4.69) is 11.9 Å². The molecule has 0 aromatic heterocycles. The summed E-state index contributed by atoms with van der Waals surface area (Å²) in [5.41, 5.74) is 7.03. The summed E-state index contributed by atoms with van der Waals surface area (Å²) in [6.45, 7) is 0.563. The minimum absolute atomic E-state index is 0.147. The molecule has 0 heterocycles.